The summed E-state index contributed by atoms with van der Waals surface area (Å²) in [4.78, 5) is 4.62. The molecule has 3 rings (SSSR count). The van der Waals surface area contributed by atoms with Crippen LogP contribution in [-0.2, 0) is 11.4 Å². The van der Waals surface area contributed by atoms with Crippen molar-refractivity contribution in [3.8, 4) is 0 Å². The summed E-state index contributed by atoms with van der Waals surface area (Å²) in [5.41, 5.74) is 2.54. The maximum absolute atomic E-state index is 5.99. The maximum Gasteiger partial charge on any atom is 0.125 e. The number of imidazole rings is 1. The van der Waals surface area contributed by atoms with Crippen LogP contribution in [0.2, 0.25) is 0 Å². The van der Waals surface area contributed by atoms with Crippen molar-refractivity contribution >= 4 is 45.2 Å². The van der Waals surface area contributed by atoms with Gasteiger partial charge in [-0.25, -0.2) is 4.98 Å². The molecular weight excluding hydrogens is 335 g/mol. The minimum Gasteiger partial charge on any atom is -0.321 e. The van der Waals surface area contributed by atoms with Gasteiger partial charge < -0.3 is 4.57 Å². The highest BCUT2D eigenvalue weighted by Gasteiger charge is 2.41. The molecule has 0 N–H and O–H groups in total. The zero-order valence-electron chi connectivity index (χ0n) is 9.00. The van der Waals surface area contributed by atoms with E-state index in [0.717, 1.165) is 11.3 Å². The van der Waals surface area contributed by atoms with Gasteiger partial charge in [-0.3, -0.25) is 0 Å². The Morgan fingerprint density at radius 1 is 1.50 bits per heavy atom. The number of nitrogens with zero attached hydrogens (tertiary/aromatic N) is 2. The van der Waals surface area contributed by atoms with Crippen LogP contribution in [0.4, 0.5) is 0 Å². The van der Waals surface area contributed by atoms with Gasteiger partial charge in [0.15, 0.2) is 0 Å². The zero-order valence-corrected chi connectivity index (χ0v) is 11.9. The smallest absolute Gasteiger partial charge is 0.125 e. The highest BCUT2D eigenvalue weighted by Crippen LogP contribution is 2.45. The standard InChI is InChI=1S/C12H12ClIN2/c1-12(4-5-12)16-10-3-2-8(14)6-9(10)15-11(16)7-13/h2-3,6H,4-5,7H2,1H3. The summed E-state index contributed by atoms with van der Waals surface area (Å²) in [5, 5.41) is 0. The summed E-state index contributed by atoms with van der Waals surface area (Å²) in [5.74, 6) is 1.49. The number of hydrogen-bond acceptors (Lipinski definition) is 1. The molecule has 1 aliphatic rings. The van der Waals surface area contributed by atoms with Crippen LogP contribution in [0.15, 0.2) is 18.2 Å². The predicted molar refractivity (Wildman–Crippen MR) is 74.9 cm³/mol. The summed E-state index contributed by atoms with van der Waals surface area (Å²) in [6.07, 6.45) is 2.46. The predicted octanol–water partition coefficient (Wildman–Crippen LogP) is 3.89. The Balaban J connectivity index is 2.31. The average Bonchev–Trinajstić information content (AvgIpc) is 2.89. The topological polar surface area (TPSA) is 17.8 Å². The summed E-state index contributed by atoms with van der Waals surface area (Å²) in [7, 11) is 0. The van der Waals surface area contributed by atoms with Gasteiger partial charge in [0, 0.05) is 9.11 Å². The highest BCUT2D eigenvalue weighted by atomic mass is 127. The molecule has 0 bridgehead atoms. The molecule has 1 saturated carbocycles. The van der Waals surface area contributed by atoms with Crippen molar-refractivity contribution in [2.24, 2.45) is 0 Å². The molecule has 0 spiro atoms. The second-order valence-corrected chi connectivity index (χ2v) is 6.14. The maximum atomic E-state index is 5.99. The van der Waals surface area contributed by atoms with Gasteiger partial charge in [0.2, 0.25) is 0 Å². The first-order valence-electron chi connectivity index (χ1n) is 5.37. The molecule has 0 saturated heterocycles. The van der Waals surface area contributed by atoms with Crippen LogP contribution in [-0.4, -0.2) is 9.55 Å². The van der Waals surface area contributed by atoms with E-state index >= 15 is 0 Å². The highest BCUT2D eigenvalue weighted by molar-refractivity contribution is 14.1. The lowest BCUT2D eigenvalue weighted by Crippen LogP contribution is -2.14. The van der Waals surface area contributed by atoms with Gasteiger partial charge in [0.1, 0.15) is 5.82 Å². The molecule has 0 amide bonds. The minimum atomic E-state index is 0.256. The summed E-state index contributed by atoms with van der Waals surface area (Å²) in [6, 6.07) is 6.41. The number of halogens is 2. The Morgan fingerprint density at radius 2 is 2.25 bits per heavy atom. The molecule has 0 aliphatic heterocycles. The summed E-state index contributed by atoms with van der Waals surface area (Å²) >= 11 is 8.31. The number of rotatable bonds is 2. The van der Waals surface area contributed by atoms with Gasteiger partial charge in [-0.2, -0.15) is 0 Å². The third-order valence-corrected chi connectivity index (χ3v) is 4.23. The van der Waals surface area contributed by atoms with Crippen molar-refractivity contribution in [3.05, 3.63) is 27.6 Å². The molecule has 0 atom stereocenters. The van der Waals surface area contributed by atoms with Crippen molar-refractivity contribution in [2.45, 2.75) is 31.2 Å². The quantitative estimate of drug-likeness (QED) is 0.596. The number of fused-ring (bicyclic) bond motifs is 1. The van der Waals surface area contributed by atoms with Gasteiger partial charge >= 0.3 is 0 Å². The van der Waals surface area contributed by atoms with E-state index in [-0.39, 0.29) is 5.54 Å². The van der Waals surface area contributed by atoms with E-state index in [1.807, 2.05) is 0 Å². The van der Waals surface area contributed by atoms with E-state index in [2.05, 4.69) is 57.3 Å². The largest absolute Gasteiger partial charge is 0.321 e. The fourth-order valence-corrected chi connectivity index (χ4v) is 2.85. The molecular formula is C12H12ClIN2. The van der Waals surface area contributed by atoms with E-state index in [4.69, 9.17) is 11.6 Å². The fourth-order valence-electron chi connectivity index (χ4n) is 2.20. The van der Waals surface area contributed by atoms with E-state index < -0.39 is 0 Å². The van der Waals surface area contributed by atoms with Gasteiger partial charge in [-0.15, -0.1) is 11.6 Å². The van der Waals surface area contributed by atoms with Gasteiger partial charge in [0.05, 0.1) is 16.9 Å². The van der Waals surface area contributed by atoms with Crippen molar-refractivity contribution in [1.29, 1.82) is 0 Å². The molecule has 2 aromatic rings. The van der Waals surface area contributed by atoms with Gasteiger partial charge in [-0.1, -0.05) is 0 Å². The van der Waals surface area contributed by atoms with Crippen molar-refractivity contribution < 1.29 is 0 Å². The minimum absolute atomic E-state index is 0.256. The first-order valence-corrected chi connectivity index (χ1v) is 6.99. The van der Waals surface area contributed by atoms with E-state index in [1.54, 1.807) is 0 Å². The molecule has 2 nitrogen and oxygen atoms in total. The molecule has 0 unspecified atom stereocenters. The Bertz CT molecular complexity index is 557. The second-order valence-electron chi connectivity index (χ2n) is 4.63. The van der Waals surface area contributed by atoms with Gasteiger partial charge in [-0.05, 0) is 60.6 Å². The van der Waals surface area contributed by atoms with Crippen LogP contribution in [0.3, 0.4) is 0 Å². The third kappa shape index (κ3) is 1.56. The Hall–Kier alpha value is -0.290. The lowest BCUT2D eigenvalue weighted by Gasteiger charge is -2.14. The Kier molecular flexibility index (Phi) is 2.44. The number of alkyl halides is 1. The van der Waals surface area contributed by atoms with Crippen molar-refractivity contribution in [3.63, 3.8) is 0 Å². The molecule has 16 heavy (non-hydrogen) atoms. The SMILES string of the molecule is CC1(n2c(CCl)nc3cc(I)ccc32)CC1. The Morgan fingerprint density at radius 3 is 2.88 bits per heavy atom. The summed E-state index contributed by atoms with van der Waals surface area (Å²) in [6.45, 7) is 2.28. The number of aromatic nitrogens is 2. The first kappa shape index (κ1) is 10.8. The van der Waals surface area contributed by atoms with Crippen LogP contribution in [0.1, 0.15) is 25.6 Å². The third-order valence-electron chi connectivity index (χ3n) is 3.32. The fraction of sp³-hybridized carbons (Fsp3) is 0.417. The van der Waals surface area contributed by atoms with Gasteiger partial charge in [0.25, 0.3) is 0 Å². The molecule has 0 radical (unpaired) electrons. The van der Waals surface area contributed by atoms with Crippen molar-refractivity contribution in [2.75, 3.05) is 0 Å². The summed E-state index contributed by atoms with van der Waals surface area (Å²) < 4.78 is 3.54. The molecule has 1 aromatic carbocycles. The van der Waals surface area contributed by atoms with Crippen LogP contribution in [0.5, 0.6) is 0 Å². The normalized spacial score (nSPS) is 17.9. The molecule has 1 aromatic heterocycles. The lowest BCUT2D eigenvalue weighted by molar-refractivity contribution is 0.531. The van der Waals surface area contributed by atoms with E-state index in [0.29, 0.717) is 5.88 Å². The van der Waals surface area contributed by atoms with Crippen LogP contribution >= 0.6 is 34.2 Å². The molecule has 4 heteroatoms. The Labute approximate surface area is 113 Å². The van der Waals surface area contributed by atoms with Crippen LogP contribution in [0, 0.1) is 3.57 Å². The number of benzene rings is 1. The van der Waals surface area contributed by atoms with E-state index in [9.17, 15) is 0 Å². The van der Waals surface area contributed by atoms with E-state index in [1.165, 1.54) is 21.9 Å². The zero-order chi connectivity index (χ0) is 11.3. The molecule has 84 valence electrons. The number of hydrogen-bond donors (Lipinski definition) is 0. The lowest BCUT2D eigenvalue weighted by atomic mass is 10.2. The van der Waals surface area contributed by atoms with Crippen LogP contribution < -0.4 is 0 Å². The second kappa shape index (κ2) is 3.60. The molecule has 1 heterocycles. The molecule has 1 fully saturated rings. The monoisotopic (exact) mass is 346 g/mol. The van der Waals surface area contributed by atoms with Crippen molar-refractivity contribution in [1.82, 2.24) is 9.55 Å². The first-order chi connectivity index (χ1) is 7.64. The molecule has 1 aliphatic carbocycles. The van der Waals surface area contributed by atoms with Crippen LogP contribution in [0.25, 0.3) is 11.0 Å². The average molecular weight is 347 g/mol.